The lowest BCUT2D eigenvalue weighted by molar-refractivity contribution is -0.148. The van der Waals surface area contributed by atoms with Crippen molar-refractivity contribution in [2.24, 2.45) is 11.8 Å². The molecule has 2 aliphatic rings. The van der Waals surface area contributed by atoms with Crippen LogP contribution in [-0.4, -0.2) is 58.9 Å². The number of carboxylic acid groups (broad SMARTS) is 1. The molecule has 6 nitrogen and oxygen atoms in total. The van der Waals surface area contributed by atoms with Crippen molar-refractivity contribution in [3.8, 4) is 0 Å². The van der Waals surface area contributed by atoms with Crippen molar-refractivity contribution in [1.29, 1.82) is 0 Å². The number of likely N-dealkylation sites (tertiary alicyclic amines) is 2. The van der Waals surface area contributed by atoms with Crippen LogP contribution in [0.4, 0.5) is 0 Å². The third-order valence-electron chi connectivity index (χ3n) is 4.20. The Morgan fingerprint density at radius 1 is 1.21 bits per heavy atom. The van der Waals surface area contributed by atoms with Crippen molar-refractivity contribution in [2.45, 2.75) is 32.2 Å². The molecule has 0 aromatic heterocycles. The smallest absolute Gasteiger partial charge is 0.308 e. The number of rotatable bonds is 2. The lowest BCUT2D eigenvalue weighted by Crippen LogP contribution is -2.49. The van der Waals surface area contributed by atoms with Gasteiger partial charge >= 0.3 is 5.97 Å². The van der Waals surface area contributed by atoms with Gasteiger partial charge in [0, 0.05) is 32.6 Å². The molecule has 0 bridgehead atoms. The lowest BCUT2D eigenvalue weighted by Gasteiger charge is -2.37. The maximum Gasteiger partial charge on any atom is 0.308 e. The highest BCUT2D eigenvalue weighted by atomic mass is 16.4. The normalized spacial score (nSPS) is 31.7. The summed E-state index contributed by atoms with van der Waals surface area (Å²) in [5, 5.41) is 9.07. The number of carbonyl (C=O) groups excluding carboxylic acids is 2. The summed E-state index contributed by atoms with van der Waals surface area (Å²) in [6.07, 6.45) is 1.57. The van der Waals surface area contributed by atoms with E-state index >= 15 is 0 Å². The number of amides is 2. The van der Waals surface area contributed by atoms with Gasteiger partial charge in [-0.1, -0.05) is 0 Å². The summed E-state index contributed by atoms with van der Waals surface area (Å²) in [5.74, 6) is -1.72. The lowest BCUT2D eigenvalue weighted by atomic mass is 9.92. The monoisotopic (exact) mass is 268 g/mol. The second-order valence-electron chi connectivity index (χ2n) is 5.63. The third kappa shape index (κ3) is 2.72. The average molecular weight is 268 g/mol. The SMILES string of the molecule is CC1CCC(C(=O)O)CN1C(=O)C1CC(=O)N(C)C1. The zero-order chi connectivity index (χ0) is 14.2. The molecular formula is C13H20N2O4. The van der Waals surface area contributed by atoms with Gasteiger partial charge in [0.25, 0.3) is 0 Å². The number of nitrogens with zero attached hydrogens (tertiary/aromatic N) is 2. The van der Waals surface area contributed by atoms with E-state index in [0.717, 1.165) is 0 Å². The molecule has 3 unspecified atom stereocenters. The molecule has 2 amide bonds. The second-order valence-corrected chi connectivity index (χ2v) is 5.63. The van der Waals surface area contributed by atoms with E-state index in [1.165, 1.54) is 0 Å². The molecule has 19 heavy (non-hydrogen) atoms. The van der Waals surface area contributed by atoms with E-state index in [9.17, 15) is 14.4 Å². The molecule has 0 aromatic rings. The van der Waals surface area contributed by atoms with Crippen molar-refractivity contribution in [3.63, 3.8) is 0 Å². The first-order chi connectivity index (χ1) is 8.90. The molecule has 2 fully saturated rings. The van der Waals surface area contributed by atoms with Crippen molar-refractivity contribution in [1.82, 2.24) is 9.80 Å². The fourth-order valence-corrected chi connectivity index (χ4v) is 2.88. The molecule has 0 aliphatic carbocycles. The van der Waals surface area contributed by atoms with Gasteiger partial charge in [0.2, 0.25) is 11.8 Å². The van der Waals surface area contributed by atoms with E-state index in [1.807, 2.05) is 6.92 Å². The summed E-state index contributed by atoms with van der Waals surface area (Å²) >= 11 is 0. The van der Waals surface area contributed by atoms with Gasteiger partial charge in [0.1, 0.15) is 0 Å². The molecule has 2 saturated heterocycles. The summed E-state index contributed by atoms with van der Waals surface area (Å²) in [7, 11) is 1.69. The largest absolute Gasteiger partial charge is 0.481 e. The van der Waals surface area contributed by atoms with Crippen LogP contribution in [0.15, 0.2) is 0 Å². The molecular weight excluding hydrogens is 248 g/mol. The van der Waals surface area contributed by atoms with E-state index in [4.69, 9.17) is 5.11 Å². The Balaban J connectivity index is 2.05. The van der Waals surface area contributed by atoms with Gasteiger partial charge in [-0.05, 0) is 19.8 Å². The van der Waals surface area contributed by atoms with Crippen LogP contribution in [0.3, 0.4) is 0 Å². The zero-order valence-corrected chi connectivity index (χ0v) is 11.3. The van der Waals surface area contributed by atoms with Gasteiger partial charge < -0.3 is 14.9 Å². The maximum atomic E-state index is 12.4. The van der Waals surface area contributed by atoms with Crippen molar-refractivity contribution in [3.05, 3.63) is 0 Å². The highest BCUT2D eigenvalue weighted by molar-refractivity contribution is 5.89. The van der Waals surface area contributed by atoms with Crippen molar-refractivity contribution in [2.75, 3.05) is 20.1 Å². The fraction of sp³-hybridized carbons (Fsp3) is 0.769. The third-order valence-corrected chi connectivity index (χ3v) is 4.20. The zero-order valence-electron chi connectivity index (χ0n) is 11.3. The van der Waals surface area contributed by atoms with Crippen LogP contribution in [-0.2, 0) is 14.4 Å². The van der Waals surface area contributed by atoms with Gasteiger partial charge in [0.15, 0.2) is 0 Å². The minimum absolute atomic E-state index is 0.0159. The summed E-state index contributed by atoms with van der Waals surface area (Å²) in [6.45, 7) is 2.65. The molecule has 2 heterocycles. The topological polar surface area (TPSA) is 77.9 Å². The molecule has 3 atom stereocenters. The van der Waals surface area contributed by atoms with Crippen LogP contribution in [0.2, 0.25) is 0 Å². The maximum absolute atomic E-state index is 12.4. The van der Waals surface area contributed by atoms with Crippen LogP contribution in [0, 0.1) is 11.8 Å². The highest BCUT2D eigenvalue weighted by Gasteiger charge is 2.39. The van der Waals surface area contributed by atoms with E-state index in [1.54, 1.807) is 16.8 Å². The molecule has 106 valence electrons. The molecule has 1 N–H and O–H groups in total. The molecule has 2 rings (SSSR count). The first-order valence-corrected chi connectivity index (χ1v) is 6.67. The van der Waals surface area contributed by atoms with Crippen LogP contribution in [0.25, 0.3) is 0 Å². The Kier molecular flexibility index (Phi) is 3.78. The summed E-state index contributed by atoms with van der Waals surface area (Å²) < 4.78 is 0. The Morgan fingerprint density at radius 3 is 2.42 bits per heavy atom. The Morgan fingerprint density at radius 2 is 1.89 bits per heavy atom. The van der Waals surface area contributed by atoms with Gasteiger partial charge in [-0.2, -0.15) is 0 Å². The average Bonchev–Trinajstić information content (AvgIpc) is 2.69. The highest BCUT2D eigenvalue weighted by Crippen LogP contribution is 2.26. The predicted octanol–water partition coefficient (Wildman–Crippen LogP) is 0.176. The van der Waals surface area contributed by atoms with Crippen LogP contribution >= 0.6 is 0 Å². The second kappa shape index (κ2) is 5.19. The van der Waals surface area contributed by atoms with E-state index in [-0.39, 0.29) is 36.7 Å². The number of carbonyl (C=O) groups is 3. The number of aliphatic carboxylic acids is 1. The fourth-order valence-electron chi connectivity index (χ4n) is 2.88. The first-order valence-electron chi connectivity index (χ1n) is 6.67. The number of carboxylic acids is 1. The molecule has 6 heteroatoms. The van der Waals surface area contributed by atoms with Crippen molar-refractivity contribution >= 4 is 17.8 Å². The molecule has 0 saturated carbocycles. The van der Waals surface area contributed by atoms with Gasteiger partial charge in [-0.15, -0.1) is 0 Å². The number of hydrogen-bond acceptors (Lipinski definition) is 3. The van der Waals surface area contributed by atoms with E-state index < -0.39 is 11.9 Å². The summed E-state index contributed by atoms with van der Waals surface area (Å²) in [4.78, 5) is 38.2. The Bertz CT molecular complexity index is 409. The summed E-state index contributed by atoms with van der Waals surface area (Å²) in [6, 6.07) is 0.0594. The minimum atomic E-state index is -0.843. The number of hydrogen-bond donors (Lipinski definition) is 1. The quantitative estimate of drug-likeness (QED) is 0.774. The summed E-state index contributed by atoms with van der Waals surface area (Å²) in [5.41, 5.74) is 0. The van der Waals surface area contributed by atoms with E-state index in [2.05, 4.69) is 0 Å². The van der Waals surface area contributed by atoms with Crippen LogP contribution in [0.1, 0.15) is 26.2 Å². The van der Waals surface area contributed by atoms with Crippen LogP contribution in [0.5, 0.6) is 0 Å². The minimum Gasteiger partial charge on any atom is -0.481 e. The predicted molar refractivity (Wildman–Crippen MR) is 67.3 cm³/mol. The Hall–Kier alpha value is -1.59. The van der Waals surface area contributed by atoms with Crippen molar-refractivity contribution < 1.29 is 19.5 Å². The standard InChI is InChI=1S/C13H20N2O4/c1-8-3-4-9(13(18)19)7-15(8)12(17)10-5-11(16)14(2)6-10/h8-10H,3-7H2,1-2H3,(H,18,19). The van der Waals surface area contributed by atoms with Crippen LogP contribution < -0.4 is 0 Å². The van der Waals surface area contributed by atoms with Gasteiger partial charge in [-0.25, -0.2) is 0 Å². The first kappa shape index (κ1) is 13.8. The molecule has 0 spiro atoms. The number of piperidine rings is 1. The van der Waals surface area contributed by atoms with Gasteiger partial charge in [-0.3, -0.25) is 14.4 Å². The molecule has 0 aromatic carbocycles. The molecule has 0 radical (unpaired) electrons. The molecule has 2 aliphatic heterocycles. The van der Waals surface area contributed by atoms with Gasteiger partial charge in [0.05, 0.1) is 11.8 Å². The van der Waals surface area contributed by atoms with E-state index in [0.29, 0.717) is 19.4 Å². The Labute approximate surface area is 112 Å².